The molecule has 1 aromatic heterocycles. The van der Waals surface area contributed by atoms with E-state index in [2.05, 4.69) is 15.3 Å². The maximum absolute atomic E-state index is 8.96. The maximum Gasteiger partial charge on any atom is 0.156 e. The summed E-state index contributed by atoms with van der Waals surface area (Å²) < 4.78 is 0. The number of hydrogen-bond acceptors (Lipinski definition) is 4. The average Bonchev–Trinajstić information content (AvgIpc) is 2.58. The quantitative estimate of drug-likeness (QED) is 0.767. The van der Waals surface area contributed by atoms with Crippen molar-refractivity contribution in [3.8, 4) is 0 Å². The number of aliphatic hydroxyl groups excluding tert-OH is 1. The van der Waals surface area contributed by atoms with Crippen molar-refractivity contribution in [2.45, 2.75) is 51.2 Å². The van der Waals surface area contributed by atoms with Crippen molar-refractivity contribution in [2.24, 2.45) is 0 Å². The summed E-state index contributed by atoms with van der Waals surface area (Å²) in [6.07, 6.45) is 9.44. The molecule has 88 valence electrons. The molecule has 0 radical (unpaired) electrons. The molecule has 4 nitrogen and oxygen atoms in total. The first-order valence-corrected chi connectivity index (χ1v) is 6.08. The Morgan fingerprint density at radius 3 is 2.69 bits per heavy atom. The van der Waals surface area contributed by atoms with E-state index in [1.165, 1.54) is 38.5 Å². The van der Waals surface area contributed by atoms with Crippen molar-refractivity contribution < 1.29 is 5.11 Å². The summed E-state index contributed by atoms with van der Waals surface area (Å²) in [7, 11) is 0. The first-order chi connectivity index (χ1) is 7.88. The fourth-order valence-electron chi connectivity index (χ4n) is 2.19. The zero-order chi connectivity index (χ0) is 11.2. The van der Waals surface area contributed by atoms with Crippen LogP contribution in [0.2, 0.25) is 0 Å². The third kappa shape index (κ3) is 3.17. The van der Waals surface area contributed by atoms with Crippen LogP contribution < -0.4 is 5.32 Å². The van der Waals surface area contributed by atoms with Gasteiger partial charge in [0, 0.05) is 12.2 Å². The van der Waals surface area contributed by atoms with Gasteiger partial charge in [-0.15, -0.1) is 0 Å². The molecule has 1 aromatic rings. The zero-order valence-corrected chi connectivity index (χ0v) is 9.52. The monoisotopic (exact) mass is 221 g/mol. The van der Waals surface area contributed by atoms with E-state index < -0.39 is 0 Å². The third-order valence-electron chi connectivity index (χ3n) is 3.05. The molecule has 0 bridgehead atoms. The van der Waals surface area contributed by atoms with Gasteiger partial charge in [0.05, 0.1) is 0 Å². The van der Waals surface area contributed by atoms with Gasteiger partial charge in [-0.1, -0.05) is 25.7 Å². The van der Waals surface area contributed by atoms with Crippen LogP contribution in [-0.4, -0.2) is 21.1 Å². The van der Waals surface area contributed by atoms with E-state index in [4.69, 9.17) is 5.11 Å². The lowest BCUT2D eigenvalue weighted by atomic mass is 10.1. The van der Waals surface area contributed by atoms with E-state index in [1.807, 2.05) is 6.07 Å². The molecule has 0 atom stereocenters. The fourth-order valence-corrected chi connectivity index (χ4v) is 2.19. The second-order valence-corrected chi connectivity index (χ2v) is 4.35. The molecule has 2 rings (SSSR count). The Morgan fingerprint density at radius 2 is 2.00 bits per heavy atom. The van der Waals surface area contributed by atoms with Crippen LogP contribution in [0.3, 0.4) is 0 Å². The lowest BCUT2D eigenvalue weighted by molar-refractivity contribution is 0.271. The Balaban J connectivity index is 1.96. The van der Waals surface area contributed by atoms with Crippen LogP contribution in [0.25, 0.3) is 0 Å². The highest BCUT2D eigenvalue weighted by Crippen LogP contribution is 2.20. The lowest BCUT2D eigenvalue weighted by Gasteiger charge is -2.16. The molecule has 0 saturated heterocycles. The van der Waals surface area contributed by atoms with Crippen LogP contribution in [0.4, 0.5) is 5.82 Å². The molecule has 1 aliphatic rings. The van der Waals surface area contributed by atoms with Gasteiger partial charge in [0.15, 0.2) is 5.82 Å². The fraction of sp³-hybridized carbons (Fsp3) is 0.667. The number of aliphatic hydroxyl groups is 1. The van der Waals surface area contributed by atoms with E-state index in [-0.39, 0.29) is 6.61 Å². The number of nitrogens with one attached hydrogen (secondary N) is 1. The van der Waals surface area contributed by atoms with Gasteiger partial charge >= 0.3 is 0 Å². The van der Waals surface area contributed by atoms with Crippen LogP contribution in [-0.2, 0) is 6.61 Å². The van der Waals surface area contributed by atoms with Gasteiger partial charge < -0.3 is 10.4 Å². The summed E-state index contributed by atoms with van der Waals surface area (Å²) >= 11 is 0. The molecule has 1 aliphatic carbocycles. The summed E-state index contributed by atoms with van der Waals surface area (Å²) in [6, 6.07) is 2.40. The topological polar surface area (TPSA) is 58.0 Å². The smallest absolute Gasteiger partial charge is 0.156 e. The maximum atomic E-state index is 8.96. The zero-order valence-electron chi connectivity index (χ0n) is 9.52. The summed E-state index contributed by atoms with van der Waals surface area (Å²) in [5.41, 5.74) is 0. The van der Waals surface area contributed by atoms with Gasteiger partial charge in [0.2, 0.25) is 0 Å². The van der Waals surface area contributed by atoms with Crippen molar-refractivity contribution in [1.82, 2.24) is 9.97 Å². The highest BCUT2D eigenvalue weighted by Gasteiger charge is 2.12. The first kappa shape index (κ1) is 11.3. The third-order valence-corrected chi connectivity index (χ3v) is 3.05. The Hall–Kier alpha value is -1.16. The highest BCUT2D eigenvalue weighted by atomic mass is 16.3. The van der Waals surface area contributed by atoms with Crippen molar-refractivity contribution in [3.63, 3.8) is 0 Å². The molecular formula is C12H19N3O. The molecule has 0 spiro atoms. The van der Waals surface area contributed by atoms with Crippen LogP contribution in [0.5, 0.6) is 0 Å². The minimum absolute atomic E-state index is 0.0970. The molecule has 1 saturated carbocycles. The number of rotatable bonds is 3. The van der Waals surface area contributed by atoms with Gasteiger partial charge in [0.1, 0.15) is 12.4 Å². The van der Waals surface area contributed by atoms with E-state index in [0.29, 0.717) is 11.9 Å². The number of nitrogens with zero attached hydrogens (tertiary/aromatic N) is 2. The van der Waals surface area contributed by atoms with Gasteiger partial charge in [-0.05, 0) is 18.9 Å². The first-order valence-electron chi connectivity index (χ1n) is 6.08. The number of anilines is 1. The molecular weight excluding hydrogens is 202 g/mol. The molecule has 16 heavy (non-hydrogen) atoms. The Morgan fingerprint density at radius 1 is 1.25 bits per heavy atom. The summed E-state index contributed by atoms with van der Waals surface area (Å²) in [4.78, 5) is 8.21. The van der Waals surface area contributed by atoms with E-state index in [1.54, 1.807) is 6.20 Å². The molecule has 0 aliphatic heterocycles. The molecule has 0 aromatic carbocycles. The number of aromatic nitrogens is 2. The van der Waals surface area contributed by atoms with Crippen LogP contribution >= 0.6 is 0 Å². The summed E-state index contributed by atoms with van der Waals surface area (Å²) in [5.74, 6) is 1.32. The predicted octanol–water partition coefficient (Wildman–Crippen LogP) is 2.10. The number of hydrogen-bond donors (Lipinski definition) is 2. The van der Waals surface area contributed by atoms with Gasteiger partial charge in [-0.25, -0.2) is 9.97 Å². The van der Waals surface area contributed by atoms with Gasteiger partial charge in [-0.3, -0.25) is 0 Å². The van der Waals surface area contributed by atoms with Crippen molar-refractivity contribution in [2.75, 3.05) is 5.32 Å². The largest absolute Gasteiger partial charge is 0.388 e. The Labute approximate surface area is 96.1 Å². The van der Waals surface area contributed by atoms with Crippen LogP contribution in [0.15, 0.2) is 12.3 Å². The molecule has 0 amide bonds. The average molecular weight is 221 g/mol. The minimum atomic E-state index is -0.0970. The molecule has 4 heteroatoms. The van der Waals surface area contributed by atoms with Crippen molar-refractivity contribution in [3.05, 3.63) is 18.1 Å². The van der Waals surface area contributed by atoms with Gasteiger partial charge in [-0.2, -0.15) is 0 Å². The summed E-state index contributed by atoms with van der Waals surface area (Å²) in [6.45, 7) is -0.0970. The molecule has 2 N–H and O–H groups in total. The highest BCUT2D eigenvalue weighted by molar-refractivity contribution is 5.34. The lowest BCUT2D eigenvalue weighted by Crippen LogP contribution is -2.19. The van der Waals surface area contributed by atoms with Crippen LogP contribution in [0.1, 0.15) is 44.3 Å². The molecule has 1 fully saturated rings. The van der Waals surface area contributed by atoms with Gasteiger partial charge in [0.25, 0.3) is 0 Å². The standard InChI is InChI=1S/C12H19N3O/c16-9-12-13-8-7-11(15-12)14-10-5-3-1-2-4-6-10/h7-8,10,16H,1-6,9H2,(H,13,14,15). The van der Waals surface area contributed by atoms with E-state index in [9.17, 15) is 0 Å². The molecule has 1 heterocycles. The van der Waals surface area contributed by atoms with Crippen molar-refractivity contribution >= 4 is 5.82 Å². The summed E-state index contributed by atoms with van der Waals surface area (Å²) in [5, 5.41) is 12.4. The second-order valence-electron chi connectivity index (χ2n) is 4.35. The predicted molar refractivity (Wildman–Crippen MR) is 63.1 cm³/mol. The van der Waals surface area contributed by atoms with E-state index in [0.717, 1.165) is 5.82 Å². The SMILES string of the molecule is OCc1nccc(NC2CCCCCC2)n1. The minimum Gasteiger partial charge on any atom is -0.388 e. The molecule has 0 unspecified atom stereocenters. The normalized spacial score (nSPS) is 18.1. The van der Waals surface area contributed by atoms with Crippen LogP contribution in [0, 0.1) is 0 Å². The van der Waals surface area contributed by atoms with E-state index >= 15 is 0 Å². The van der Waals surface area contributed by atoms with Crippen molar-refractivity contribution in [1.29, 1.82) is 0 Å². The Kier molecular flexibility index (Phi) is 4.10. The Bertz CT molecular complexity index is 322. The second kappa shape index (κ2) is 5.80.